The first-order valence-corrected chi connectivity index (χ1v) is 11.4. The number of nitrogens with one attached hydrogen (secondary N) is 1. The van der Waals surface area contributed by atoms with Crippen molar-refractivity contribution in [3.05, 3.63) is 46.6 Å². The summed E-state index contributed by atoms with van der Waals surface area (Å²) in [5.41, 5.74) is 1.40. The number of nitrogens with zero attached hydrogens (tertiary/aromatic N) is 3. The summed E-state index contributed by atoms with van der Waals surface area (Å²) in [6, 6.07) is 10.3. The lowest BCUT2D eigenvalue weighted by atomic mass is 9.97. The average Bonchev–Trinajstić information content (AvgIpc) is 3.10. The Labute approximate surface area is 173 Å². The van der Waals surface area contributed by atoms with Gasteiger partial charge in [0.2, 0.25) is 5.91 Å². The molecule has 0 fully saturated rings. The second-order valence-corrected chi connectivity index (χ2v) is 9.12. The van der Waals surface area contributed by atoms with E-state index < -0.39 is 0 Å². The number of aryl methyl sites for hydroxylation is 2. The molecular formula is C21H24N4OS2. The van der Waals surface area contributed by atoms with E-state index >= 15 is 0 Å². The van der Waals surface area contributed by atoms with Crippen molar-refractivity contribution in [3.63, 3.8) is 0 Å². The highest BCUT2D eigenvalue weighted by Crippen LogP contribution is 2.40. The summed E-state index contributed by atoms with van der Waals surface area (Å²) in [6.45, 7) is 0.290. The van der Waals surface area contributed by atoms with Gasteiger partial charge in [-0.2, -0.15) is 0 Å². The minimum Gasteiger partial charge on any atom is -0.358 e. The highest BCUT2D eigenvalue weighted by molar-refractivity contribution is 7.98. The maximum absolute atomic E-state index is 12.0. The number of benzene rings is 1. The summed E-state index contributed by atoms with van der Waals surface area (Å²) in [7, 11) is 3.61. The van der Waals surface area contributed by atoms with Gasteiger partial charge in [-0.1, -0.05) is 18.2 Å². The highest BCUT2D eigenvalue weighted by Gasteiger charge is 2.23. The molecule has 0 saturated heterocycles. The van der Waals surface area contributed by atoms with Crippen LogP contribution in [0, 0.1) is 0 Å². The van der Waals surface area contributed by atoms with E-state index in [-0.39, 0.29) is 5.91 Å². The van der Waals surface area contributed by atoms with Gasteiger partial charge < -0.3 is 10.2 Å². The summed E-state index contributed by atoms with van der Waals surface area (Å²) < 4.78 is 0. The topological polar surface area (TPSA) is 58.1 Å². The van der Waals surface area contributed by atoms with Crippen molar-refractivity contribution in [1.82, 2.24) is 15.3 Å². The Morgan fingerprint density at radius 2 is 2.00 bits per heavy atom. The Bertz CT molecular complexity index is 987. The van der Waals surface area contributed by atoms with Crippen LogP contribution in [0.25, 0.3) is 10.2 Å². The normalized spacial score (nSPS) is 13.4. The van der Waals surface area contributed by atoms with Gasteiger partial charge in [-0.3, -0.25) is 4.79 Å². The third-order valence-corrected chi connectivity index (χ3v) is 7.17. The number of carbonyl (C=O) groups excluding carboxylic acids is 1. The fourth-order valence-corrected chi connectivity index (χ4v) is 5.61. The van der Waals surface area contributed by atoms with Crippen LogP contribution in [0.1, 0.15) is 29.1 Å². The highest BCUT2D eigenvalue weighted by atomic mass is 32.2. The van der Waals surface area contributed by atoms with E-state index in [1.54, 1.807) is 30.1 Å². The summed E-state index contributed by atoms with van der Waals surface area (Å²) in [4.78, 5) is 27.4. The molecule has 3 aromatic rings. The second-order valence-electron chi connectivity index (χ2n) is 6.99. The molecule has 1 N–H and O–H groups in total. The third-order valence-electron chi connectivity index (χ3n) is 4.97. The molecule has 0 aliphatic heterocycles. The number of thioether (sulfide) groups is 1. The molecule has 0 atom stereocenters. The zero-order chi connectivity index (χ0) is 19.5. The van der Waals surface area contributed by atoms with Gasteiger partial charge in [0.15, 0.2) is 0 Å². The van der Waals surface area contributed by atoms with Crippen LogP contribution >= 0.6 is 23.1 Å². The average molecular weight is 413 g/mol. The first kappa shape index (κ1) is 19.2. The van der Waals surface area contributed by atoms with Crippen molar-refractivity contribution < 1.29 is 4.79 Å². The number of anilines is 1. The van der Waals surface area contributed by atoms with Crippen molar-refractivity contribution in [2.24, 2.45) is 0 Å². The van der Waals surface area contributed by atoms with Gasteiger partial charge in [-0.15, -0.1) is 23.1 Å². The van der Waals surface area contributed by atoms with Gasteiger partial charge in [-0.25, -0.2) is 9.97 Å². The van der Waals surface area contributed by atoms with Crippen molar-refractivity contribution in [3.8, 4) is 0 Å². The summed E-state index contributed by atoms with van der Waals surface area (Å²) in [5, 5.41) is 3.86. The van der Waals surface area contributed by atoms with E-state index in [9.17, 15) is 4.79 Å². The zero-order valence-electron chi connectivity index (χ0n) is 16.2. The molecule has 1 amide bonds. The number of rotatable bonds is 6. The molecule has 0 bridgehead atoms. The molecule has 4 rings (SSSR count). The lowest BCUT2D eigenvalue weighted by molar-refractivity contribution is -0.119. The number of hydrogen-bond acceptors (Lipinski definition) is 6. The Morgan fingerprint density at radius 3 is 2.79 bits per heavy atom. The van der Waals surface area contributed by atoms with Crippen molar-refractivity contribution in [2.45, 2.75) is 36.3 Å². The SMILES string of the molecule is CNC(=O)CN(C)c1nc(CSc2ccccc2)nc2sc3c(c12)CCCC3. The summed E-state index contributed by atoms with van der Waals surface area (Å²) >= 11 is 3.54. The van der Waals surface area contributed by atoms with E-state index in [0.29, 0.717) is 12.3 Å². The van der Waals surface area contributed by atoms with E-state index in [2.05, 4.69) is 17.4 Å². The predicted molar refractivity (Wildman–Crippen MR) is 117 cm³/mol. The maximum Gasteiger partial charge on any atom is 0.239 e. The molecule has 146 valence electrons. The molecule has 0 radical (unpaired) electrons. The number of aromatic nitrogens is 2. The molecular weight excluding hydrogens is 388 g/mol. The standard InChI is InChI=1S/C21H24N4OS2/c1-22-18(26)12-25(2)20-19-15-10-6-7-11-16(15)28-21(19)24-17(23-20)13-27-14-8-4-3-5-9-14/h3-5,8-9H,6-7,10-13H2,1-2H3,(H,22,26). The minimum absolute atomic E-state index is 0.0152. The third kappa shape index (κ3) is 4.00. The molecule has 0 spiro atoms. The molecule has 2 heterocycles. The van der Waals surface area contributed by atoms with Crippen molar-refractivity contribution in [1.29, 1.82) is 0 Å². The molecule has 5 nitrogen and oxygen atoms in total. The molecule has 28 heavy (non-hydrogen) atoms. The first-order chi connectivity index (χ1) is 13.7. The van der Waals surface area contributed by atoms with E-state index in [1.165, 1.54) is 28.2 Å². The molecule has 0 saturated carbocycles. The van der Waals surface area contributed by atoms with Crippen molar-refractivity contribution in [2.75, 3.05) is 25.5 Å². The smallest absolute Gasteiger partial charge is 0.239 e. The van der Waals surface area contributed by atoms with Crippen LogP contribution in [-0.4, -0.2) is 36.5 Å². The first-order valence-electron chi connectivity index (χ1n) is 9.56. The fraction of sp³-hybridized carbons (Fsp3) is 0.381. The van der Waals surface area contributed by atoms with Gasteiger partial charge in [0, 0.05) is 23.9 Å². The van der Waals surface area contributed by atoms with Crippen LogP contribution in [0.5, 0.6) is 0 Å². The number of amides is 1. The zero-order valence-corrected chi connectivity index (χ0v) is 17.8. The van der Waals surface area contributed by atoms with Gasteiger partial charge in [-0.05, 0) is 43.4 Å². The molecule has 1 aliphatic rings. The van der Waals surface area contributed by atoms with Crippen LogP contribution in [0.4, 0.5) is 5.82 Å². The Hall–Kier alpha value is -2.12. The quantitative estimate of drug-likeness (QED) is 0.619. The molecule has 0 unspecified atom stereocenters. The summed E-state index contributed by atoms with van der Waals surface area (Å²) in [6.07, 6.45) is 4.66. The lowest BCUT2D eigenvalue weighted by Crippen LogP contribution is -2.33. The number of likely N-dealkylation sites (N-methyl/N-ethyl adjacent to an activating group) is 2. The maximum atomic E-state index is 12.0. The van der Waals surface area contributed by atoms with Crippen LogP contribution < -0.4 is 10.2 Å². The Morgan fingerprint density at radius 1 is 1.21 bits per heavy atom. The van der Waals surface area contributed by atoms with Gasteiger partial charge in [0.05, 0.1) is 17.7 Å². The molecule has 1 aliphatic carbocycles. The van der Waals surface area contributed by atoms with Crippen LogP contribution in [0.15, 0.2) is 35.2 Å². The van der Waals surface area contributed by atoms with E-state index in [4.69, 9.17) is 9.97 Å². The predicted octanol–water partition coefficient (Wildman–Crippen LogP) is 4.04. The van der Waals surface area contributed by atoms with E-state index in [0.717, 1.165) is 34.7 Å². The van der Waals surface area contributed by atoms with Crippen LogP contribution in [-0.2, 0) is 23.4 Å². The number of fused-ring (bicyclic) bond motifs is 3. The van der Waals surface area contributed by atoms with Gasteiger partial charge in [0.1, 0.15) is 16.5 Å². The number of thiophene rings is 1. The summed E-state index contributed by atoms with van der Waals surface area (Å²) in [5.74, 6) is 2.40. The van der Waals surface area contributed by atoms with Crippen molar-refractivity contribution >= 4 is 45.0 Å². The monoisotopic (exact) mass is 412 g/mol. The van der Waals surface area contributed by atoms with Crippen LogP contribution in [0.2, 0.25) is 0 Å². The fourth-order valence-electron chi connectivity index (χ4n) is 3.56. The van der Waals surface area contributed by atoms with Crippen LogP contribution in [0.3, 0.4) is 0 Å². The minimum atomic E-state index is -0.0152. The number of hydrogen-bond donors (Lipinski definition) is 1. The number of carbonyl (C=O) groups is 1. The lowest BCUT2D eigenvalue weighted by Gasteiger charge is -2.20. The Kier molecular flexibility index (Phi) is 5.82. The Balaban J connectivity index is 1.72. The van der Waals surface area contributed by atoms with Gasteiger partial charge in [0.25, 0.3) is 0 Å². The molecule has 2 aromatic heterocycles. The molecule has 1 aromatic carbocycles. The van der Waals surface area contributed by atoms with E-state index in [1.807, 2.05) is 30.1 Å². The van der Waals surface area contributed by atoms with Gasteiger partial charge >= 0.3 is 0 Å². The molecule has 7 heteroatoms. The second kappa shape index (κ2) is 8.49. The largest absolute Gasteiger partial charge is 0.358 e.